The maximum Gasteiger partial charge on any atom is 0.257 e. The number of ether oxygens (including phenoxy) is 1. The van der Waals surface area contributed by atoms with E-state index in [1.54, 1.807) is 45.4 Å². The van der Waals surface area contributed by atoms with E-state index < -0.39 is 0 Å². The Morgan fingerprint density at radius 3 is 3.08 bits per heavy atom. The van der Waals surface area contributed by atoms with Crippen LogP contribution in [0.25, 0.3) is 5.69 Å². The number of thiazole rings is 1. The Balaban J connectivity index is 1.50. The molecule has 1 saturated heterocycles. The number of carbonyl (C=O) groups is 1. The van der Waals surface area contributed by atoms with Gasteiger partial charge in [-0.1, -0.05) is 17.7 Å². The second kappa shape index (κ2) is 7.19. The molecule has 1 amide bonds. The van der Waals surface area contributed by atoms with Gasteiger partial charge >= 0.3 is 0 Å². The molecule has 3 heterocycles. The van der Waals surface area contributed by atoms with Crippen LogP contribution in [0, 0.1) is 6.92 Å². The van der Waals surface area contributed by atoms with Gasteiger partial charge in [0, 0.05) is 28.8 Å². The van der Waals surface area contributed by atoms with Crippen molar-refractivity contribution in [1.29, 1.82) is 0 Å². The van der Waals surface area contributed by atoms with Gasteiger partial charge in [-0.15, -0.1) is 11.3 Å². The SMILES string of the molecule is Cc1csc(C2CN(C(=O)c3cnn(-c4cccc(Cl)c4)c3)CCO2)n1. The molecule has 0 aliphatic carbocycles. The number of rotatable bonds is 3. The van der Waals surface area contributed by atoms with Gasteiger partial charge in [-0.05, 0) is 25.1 Å². The number of aryl methyl sites for hydroxylation is 1. The highest BCUT2D eigenvalue weighted by atomic mass is 35.5. The Morgan fingerprint density at radius 2 is 2.31 bits per heavy atom. The van der Waals surface area contributed by atoms with E-state index in [-0.39, 0.29) is 12.0 Å². The smallest absolute Gasteiger partial charge is 0.257 e. The standard InChI is InChI=1S/C18H17ClN4O2S/c1-12-11-26-17(21-12)16-10-22(5-6-25-16)18(24)13-8-20-23(9-13)15-4-2-3-14(19)7-15/h2-4,7-9,11,16H,5-6,10H2,1H3. The molecule has 134 valence electrons. The summed E-state index contributed by atoms with van der Waals surface area (Å²) in [5, 5.41) is 7.82. The summed E-state index contributed by atoms with van der Waals surface area (Å²) in [4.78, 5) is 19.1. The van der Waals surface area contributed by atoms with Gasteiger partial charge in [0.2, 0.25) is 0 Å². The van der Waals surface area contributed by atoms with Crippen LogP contribution in [0.2, 0.25) is 5.02 Å². The summed E-state index contributed by atoms with van der Waals surface area (Å²) in [6.45, 7) is 3.50. The zero-order chi connectivity index (χ0) is 18.1. The summed E-state index contributed by atoms with van der Waals surface area (Å²) in [5.41, 5.74) is 2.33. The van der Waals surface area contributed by atoms with Gasteiger partial charge in [0.25, 0.3) is 5.91 Å². The van der Waals surface area contributed by atoms with E-state index in [0.717, 1.165) is 16.4 Å². The minimum Gasteiger partial charge on any atom is -0.367 e. The highest BCUT2D eigenvalue weighted by molar-refractivity contribution is 7.09. The quantitative estimate of drug-likeness (QED) is 0.689. The molecule has 3 aromatic rings. The zero-order valence-corrected chi connectivity index (χ0v) is 15.7. The summed E-state index contributed by atoms with van der Waals surface area (Å²) in [5.74, 6) is -0.0557. The second-order valence-corrected chi connectivity index (χ2v) is 7.42. The largest absolute Gasteiger partial charge is 0.367 e. The lowest BCUT2D eigenvalue weighted by molar-refractivity contribution is -0.0229. The maximum atomic E-state index is 12.9. The topological polar surface area (TPSA) is 60.2 Å². The van der Waals surface area contributed by atoms with Gasteiger partial charge in [-0.25, -0.2) is 9.67 Å². The molecule has 1 aromatic carbocycles. The predicted octanol–water partition coefficient (Wildman–Crippen LogP) is 3.50. The van der Waals surface area contributed by atoms with Gasteiger partial charge in [0.05, 0.1) is 30.6 Å². The van der Waals surface area contributed by atoms with Gasteiger partial charge < -0.3 is 9.64 Å². The molecule has 6 nitrogen and oxygen atoms in total. The van der Waals surface area contributed by atoms with E-state index in [2.05, 4.69) is 10.1 Å². The van der Waals surface area contributed by atoms with Crippen LogP contribution in [0.5, 0.6) is 0 Å². The third kappa shape index (κ3) is 3.51. The van der Waals surface area contributed by atoms with Gasteiger partial charge in [0.15, 0.2) is 0 Å². The van der Waals surface area contributed by atoms with Crippen LogP contribution in [0.15, 0.2) is 42.0 Å². The third-order valence-corrected chi connectivity index (χ3v) is 5.46. The van der Waals surface area contributed by atoms with E-state index in [1.165, 1.54) is 0 Å². The first-order valence-electron chi connectivity index (χ1n) is 8.23. The molecule has 0 radical (unpaired) electrons. The van der Waals surface area contributed by atoms with Crippen LogP contribution in [0.1, 0.15) is 27.2 Å². The van der Waals surface area contributed by atoms with E-state index in [4.69, 9.17) is 16.3 Å². The number of halogens is 1. The van der Waals surface area contributed by atoms with Crippen molar-refractivity contribution in [3.63, 3.8) is 0 Å². The molecule has 0 spiro atoms. The number of carbonyl (C=O) groups excluding carboxylic acids is 1. The van der Waals surface area contributed by atoms with Gasteiger partial charge in [-0.2, -0.15) is 5.10 Å². The number of nitrogens with zero attached hydrogens (tertiary/aromatic N) is 4. The predicted molar refractivity (Wildman–Crippen MR) is 100 cm³/mol. The van der Waals surface area contributed by atoms with Crippen LogP contribution in [-0.2, 0) is 4.74 Å². The lowest BCUT2D eigenvalue weighted by Gasteiger charge is -2.31. The number of amides is 1. The summed E-state index contributed by atoms with van der Waals surface area (Å²) in [7, 11) is 0. The highest BCUT2D eigenvalue weighted by Gasteiger charge is 2.28. The molecule has 1 aliphatic heterocycles. The van der Waals surface area contributed by atoms with E-state index >= 15 is 0 Å². The van der Waals surface area contributed by atoms with E-state index in [0.29, 0.717) is 30.3 Å². The number of hydrogen-bond acceptors (Lipinski definition) is 5. The Bertz CT molecular complexity index is 939. The molecular formula is C18H17ClN4O2S. The van der Waals surface area contributed by atoms with Crippen LogP contribution < -0.4 is 0 Å². The molecule has 26 heavy (non-hydrogen) atoms. The van der Waals surface area contributed by atoms with Gasteiger partial charge in [0.1, 0.15) is 11.1 Å². The molecule has 0 bridgehead atoms. The minimum atomic E-state index is -0.172. The fourth-order valence-corrected chi connectivity index (χ4v) is 3.90. The zero-order valence-electron chi connectivity index (χ0n) is 14.1. The Hall–Kier alpha value is -2.22. The number of morpholine rings is 1. The average Bonchev–Trinajstić information content (AvgIpc) is 3.30. The van der Waals surface area contributed by atoms with Crippen LogP contribution >= 0.6 is 22.9 Å². The molecule has 2 aromatic heterocycles. The van der Waals surface area contributed by atoms with E-state index in [1.807, 2.05) is 24.4 Å². The molecule has 0 saturated carbocycles. The van der Waals surface area contributed by atoms with Crippen molar-refractivity contribution in [2.24, 2.45) is 0 Å². The molecule has 1 fully saturated rings. The summed E-state index contributed by atoms with van der Waals surface area (Å²) >= 11 is 7.59. The maximum absolute atomic E-state index is 12.9. The minimum absolute atomic E-state index is 0.0557. The average molecular weight is 389 g/mol. The fourth-order valence-electron chi connectivity index (χ4n) is 2.88. The molecular weight excluding hydrogens is 372 g/mol. The first-order chi connectivity index (χ1) is 12.6. The molecule has 0 N–H and O–H groups in total. The Kier molecular flexibility index (Phi) is 4.76. The number of benzene rings is 1. The van der Waals surface area contributed by atoms with Gasteiger partial charge in [-0.3, -0.25) is 4.79 Å². The molecule has 1 atom stereocenters. The van der Waals surface area contributed by atoms with Crippen LogP contribution in [-0.4, -0.2) is 45.3 Å². The van der Waals surface area contributed by atoms with Crippen molar-refractivity contribution in [2.45, 2.75) is 13.0 Å². The van der Waals surface area contributed by atoms with Crippen molar-refractivity contribution in [3.05, 3.63) is 63.3 Å². The van der Waals surface area contributed by atoms with Crippen molar-refractivity contribution in [2.75, 3.05) is 19.7 Å². The lowest BCUT2D eigenvalue weighted by atomic mass is 10.2. The Labute approximate surface area is 160 Å². The van der Waals surface area contributed by atoms with Crippen molar-refractivity contribution >= 4 is 28.8 Å². The fraction of sp³-hybridized carbons (Fsp3) is 0.278. The molecule has 1 unspecified atom stereocenters. The van der Waals surface area contributed by atoms with Crippen molar-refractivity contribution < 1.29 is 9.53 Å². The third-order valence-electron chi connectivity index (χ3n) is 4.17. The molecule has 1 aliphatic rings. The second-order valence-electron chi connectivity index (χ2n) is 6.09. The molecule has 4 rings (SSSR count). The number of hydrogen-bond donors (Lipinski definition) is 0. The summed E-state index contributed by atoms with van der Waals surface area (Å²) in [6, 6.07) is 7.35. The van der Waals surface area contributed by atoms with Crippen LogP contribution in [0.4, 0.5) is 0 Å². The van der Waals surface area contributed by atoms with Crippen molar-refractivity contribution in [3.8, 4) is 5.69 Å². The Morgan fingerprint density at radius 1 is 1.42 bits per heavy atom. The first-order valence-corrected chi connectivity index (χ1v) is 9.49. The molecule has 8 heteroatoms. The first kappa shape index (κ1) is 17.2. The highest BCUT2D eigenvalue weighted by Crippen LogP contribution is 2.26. The van der Waals surface area contributed by atoms with Crippen molar-refractivity contribution in [1.82, 2.24) is 19.7 Å². The normalized spacial score (nSPS) is 17.5. The summed E-state index contributed by atoms with van der Waals surface area (Å²) < 4.78 is 7.45. The summed E-state index contributed by atoms with van der Waals surface area (Å²) in [6.07, 6.45) is 3.14. The monoisotopic (exact) mass is 388 g/mol. The number of aromatic nitrogens is 3. The van der Waals surface area contributed by atoms with Crippen LogP contribution in [0.3, 0.4) is 0 Å². The lowest BCUT2D eigenvalue weighted by Crippen LogP contribution is -2.42. The van der Waals surface area contributed by atoms with E-state index in [9.17, 15) is 4.79 Å².